The third kappa shape index (κ3) is 3.16. The fourth-order valence-corrected chi connectivity index (χ4v) is 2.76. The minimum absolute atomic E-state index is 0.311. The van der Waals surface area contributed by atoms with Gasteiger partial charge in [-0.25, -0.2) is 9.97 Å². The molecule has 0 spiro atoms. The van der Waals surface area contributed by atoms with Crippen LogP contribution in [0.1, 0.15) is 29.7 Å². The Balaban J connectivity index is 1.83. The third-order valence-electron chi connectivity index (χ3n) is 3.60. The highest BCUT2D eigenvalue weighted by molar-refractivity contribution is 6.30. The standard InChI is InChI=1S/C15H13ClF3N3/c16-13-11-3-1-2-4-12(11)21-14(22-13)20-10-7-5-9(6-8-10)15(17,18)19/h5-8H,1-4H2,(H,20,21,22). The summed E-state index contributed by atoms with van der Waals surface area (Å²) in [5.74, 6) is 0.311. The van der Waals surface area contributed by atoms with E-state index in [9.17, 15) is 13.2 Å². The summed E-state index contributed by atoms with van der Waals surface area (Å²) in [5.41, 5.74) is 1.69. The number of nitrogens with zero attached hydrogens (tertiary/aromatic N) is 2. The summed E-state index contributed by atoms with van der Waals surface area (Å²) in [7, 11) is 0. The van der Waals surface area contributed by atoms with Gasteiger partial charge < -0.3 is 5.32 Å². The molecule has 0 amide bonds. The maximum atomic E-state index is 12.5. The first-order valence-corrected chi connectivity index (χ1v) is 7.31. The number of halogens is 4. The van der Waals surface area contributed by atoms with Crippen LogP contribution in [0.2, 0.25) is 5.15 Å². The van der Waals surface area contributed by atoms with Gasteiger partial charge in [0.1, 0.15) is 5.15 Å². The zero-order valence-corrected chi connectivity index (χ0v) is 12.3. The molecule has 1 heterocycles. The van der Waals surface area contributed by atoms with E-state index >= 15 is 0 Å². The molecule has 2 aromatic rings. The van der Waals surface area contributed by atoms with E-state index in [0.717, 1.165) is 49.1 Å². The zero-order chi connectivity index (χ0) is 15.7. The van der Waals surface area contributed by atoms with E-state index in [1.165, 1.54) is 12.1 Å². The van der Waals surface area contributed by atoms with Gasteiger partial charge in [0.05, 0.1) is 11.3 Å². The fourth-order valence-electron chi connectivity index (χ4n) is 2.48. The van der Waals surface area contributed by atoms with E-state index in [0.29, 0.717) is 16.8 Å². The lowest BCUT2D eigenvalue weighted by atomic mass is 9.97. The number of benzene rings is 1. The van der Waals surface area contributed by atoms with Crippen LogP contribution in [0, 0.1) is 0 Å². The second-order valence-corrected chi connectivity index (χ2v) is 5.53. The highest BCUT2D eigenvalue weighted by Gasteiger charge is 2.30. The molecule has 0 saturated carbocycles. The maximum absolute atomic E-state index is 12.5. The number of hydrogen-bond acceptors (Lipinski definition) is 3. The first-order chi connectivity index (χ1) is 10.4. The summed E-state index contributed by atoms with van der Waals surface area (Å²) in [5, 5.41) is 3.32. The molecule has 0 fully saturated rings. The minimum atomic E-state index is -4.34. The van der Waals surface area contributed by atoms with Crippen LogP contribution in [-0.2, 0) is 19.0 Å². The molecular formula is C15H13ClF3N3. The van der Waals surface area contributed by atoms with Crippen molar-refractivity contribution in [3.05, 3.63) is 46.2 Å². The number of aromatic nitrogens is 2. The Hall–Kier alpha value is -1.82. The van der Waals surface area contributed by atoms with Gasteiger partial charge in [0.15, 0.2) is 0 Å². The monoisotopic (exact) mass is 327 g/mol. The maximum Gasteiger partial charge on any atom is 0.416 e. The Labute approximate surface area is 130 Å². The summed E-state index contributed by atoms with van der Waals surface area (Å²) >= 11 is 6.16. The van der Waals surface area contributed by atoms with Crippen LogP contribution in [0.25, 0.3) is 0 Å². The SMILES string of the molecule is FC(F)(F)c1ccc(Nc2nc(Cl)c3c(n2)CCCC3)cc1. The first-order valence-electron chi connectivity index (χ1n) is 6.93. The third-order valence-corrected chi connectivity index (χ3v) is 3.91. The number of fused-ring (bicyclic) bond motifs is 1. The Bertz CT molecular complexity index is 684. The molecule has 1 aromatic heterocycles. The molecule has 3 rings (SSSR count). The highest BCUT2D eigenvalue weighted by atomic mass is 35.5. The number of rotatable bonds is 2. The number of anilines is 2. The molecule has 0 saturated heterocycles. The van der Waals surface area contributed by atoms with E-state index in [-0.39, 0.29) is 0 Å². The average Bonchev–Trinajstić information content (AvgIpc) is 2.47. The van der Waals surface area contributed by atoms with Gasteiger partial charge >= 0.3 is 6.18 Å². The number of aryl methyl sites for hydroxylation is 1. The smallest absolute Gasteiger partial charge is 0.324 e. The normalized spacial score (nSPS) is 14.5. The van der Waals surface area contributed by atoms with Crippen molar-refractivity contribution in [3.8, 4) is 0 Å². The molecule has 0 aliphatic heterocycles. The first kappa shape index (κ1) is 15.1. The molecule has 0 atom stereocenters. The molecule has 22 heavy (non-hydrogen) atoms. The summed E-state index contributed by atoms with van der Waals surface area (Å²) < 4.78 is 37.6. The lowest BCUT2D eigenvalue weighted by Crippen LogP contribution is -2.10. The van der Waals surface area contributed by atoms with Crippen molar-refractivity contribution < 1.29 is 13.2 Å². The Morgan fingerprint density at radius 1 is 1.00 bits per heavy atom. The average molecular weight is 328 g/mol. The van der Waals surface area contributed by atoms with Crippen molar-refractivity contribution in [2.75, 3.05) is 5.32 Å². The number of alkyl halides is 3. The van der Waals surface area contributed by atoms with E-state index in [1.807, 2.05) is 0 Å². The van der Waals surface area contributed by atoms with Crippen molar-refractivity contribution >= 4 is 23.2 Å². The molecule has 3 nitrogen and oxygen atoms in total. The van der Waals surface area contributed by atoms with Crippen molar-refractivity contribution in [1.82, 2.24) is 9.97 Å². The topological polar surface area (TPSA) is 37.8 Å². The second kappa shape index (κ2) is 5.76. The van der Waals surface area contributed by atoms with Gasteiger partial charge in [0.25, 0.3) is 0 Å². The van der Waals surface area contributed by atoms with Crippen molar-refractivity contribution in [1.29, 1.82) is 0 Å². The Morgan fingerprint density at radius 2 is 1.68 bits per heavy atom. The Morgan fingerprint density at radius 3 is 2.36 bits per heavy atom. The van der Waals surface area contributed by atoms with Crippen LogP contribution >= 0.6 is 11.6 Å². The minimum Gasteiger partial charge on any atom is -0.324 e. The summed E-state index contributed by atoms with van der Waals surface area (Å²) in [6.07, 6.45) is -0.500. The molecular weight excluding hydrogens is 315 g/mol. The van der Waals surface area contributed by atoms with E-state index < -0.39 is 11.7 Å². The molecule has 1 aromatic carbocycles. The molecule has 1 N–H and O–H groups in total. The lowest BCUT2D eigenvalue weighted by molar-refractivity contribution is -0.137. The summed E-state index contributed by atoms with van der Waals surface area (Å²) in [4.78, 5) is 8.59. The second-order valence-electron chi connectivity index (χ2n) is 5.17. The van der Waals surface area contributed by atoms with Crippen molar-refractivity contribution in [2.45, 2.75) is 31.9 Å². The molecule has 7 heteroatoms. The van der Waals surface area contributed by atoms with Gasteiger partial charge in [-0.3, -0.25) is 0 Å². The lowest BCUT2D eigenvalue weighted by Gasteiger charge is -2.17. The number of hydrogen-bond donors (Lipinski definition) is 1. The zero-order valence-electron chi connectivity index (χ0n) is 11.5. The van der Waals surface area contributed by atoms with Gasteiger partial charge in [-0.1, -0.05) is 11.6 Å². The van der Waals surface area contributed by atoms with E-state index in [2.05, 4.69) is 15.3 Å². The van der Waals surface area contributed by atoms with Crippen LogP contribution in [0.3, 0.4) is 0 Å². The van der Waals surface area contributed by atoms with Crippen LogP contribution in [-0.4, -0.2) is 9.97 Å². The van der Waals surface area contributed by atoms with Gasteiger partial charge in [-0.15, -0.1) is 0 Å². The fraction of sp³-hybridized carbons (Fsp3) is 0.333. The molecule has 1 aliphatic carbocycles. The van der Waals surface area contributed by atoms with E-state index in [4.69, 9.17) is 11.6 Å². The quantitative estimate of drug-likeness (QED) is 0.807. The van der Waals surface area contributed by atoms with Gasteiger partial charge in [-0.2, -0.15) is 13.2 Å². The van der Waals surface area contributed by atoms with Crippen LogP contribution in [0.15, 0.2) is 24.3 Å². The summed E-state index contributed by atoms with van der Waals surface area (Å²) in [6, 6.07) is 4.73. The van der Waals surface area contributed by atoms with Crippen molar-refractivity contribution in [3.63, 3.8) is 0 Å². The molecule has 0 radical (unpaired) electrons. The van der Waals surface area contributed by atoms with Gasteiger partial charge in [0, 0.05) is 11.3 Å². The number of nitrogens with one attached hydrogen (secondary N) is 1. The molecule has 0 bridgehead atoms. The highest BCUT2D eigenvalue weighted by Crippen LogP contribution is 2.31. The molecule has 1 aliphatic rings. The summed E-state index contributed by atoms with van der Waals surface area (Å²) in [6.45, 7) is 0. The van der Waals surface area contributed by atoms with Crippen LogP contribution in [0.5, 0.6) is 0 Å². The van der Waals surface area contributed by atoms with Crippen LogP contribution in [0.4, 0.5) is 24.8 Å². The van der Waals surface area contributed by atoms with Crippen LogP contribution < -0.4 is 5.32 Å². The predicted octanol–water partition coefficient (Wildman–Crippen LogP) is 4.77. The molecule has 0 unspecified atom stereocenters. The predicted molar refractivity (Wildman–Crippen MR) is 78.4 cm³/mol. The van der Waals surface area contributed by atoms with Gasteiger partial charge in [0.2, 0.25) is 5.95 Å². The molecule has 116 valence electrons. The van der Waals surface area contributed by atoms with Crippen molar-refractivity contribution in [2.24, 2.45) is 0 Å². The van der Waals surface area contributed by atoms with Gasteiger partial charge in [-0.05, 0) is 49.9 Å². The van der Waals surface area contributed by atoms with E-state index in [1.54, 1.807) is 0 Å². The Kier molecular flexibility index (Phi) is 3.95. The largest absolute Gasteiger partial charge is 0.416 e.